The molecule has 1 saturated heterocycles. The van der Waals surface area contributed by atoms with Crippen molar-refractivity contribution in [3.63, 3.8) is 0 Å². The SMILES string of the molecule is CC(=O)N1CCO[C@H](CNC(=O)Cc2ccc(C(F)(F)F)cc2)C1. The van der Waals surface area contributed by atoms with Gasteiger partial charge in [-0.1, -0.05) is 12.1 Å². The summed E-state index contributed by atoms with van der Waals surface area (Å²) < 4.78 is 42.9. The molecule has 1 aromatic rings. The van der Waals surface area contributed by atoms with Crippen LogP contribution in [0.15, 0.2) is 24.3 Å². The molecule has 1 aliphatic heterocycles. The quantitative estimate of drug-likeness (QED) is 0.903. The van der Waals surface area contributed by atoms with E-state index in [1.165, 1.54) is 19.1 Å². The third-order valence-corrected chi connectivity index (χ3v) is 3.76. The van der Waals surface area contributed by atoms with Crippen molar-refractivity contribution >= 4 is 11.8 Å². The predicted octanol–water partition coefficient (Wildman–Crippen LogP) is 1.61. The highest BCUT2D eigenvalue weighted by Crippen LogP contribution is 2.29. The standard InChI is InChI=1S/C16H19F3N2O3/c1-11(22)21-6-7-24-14(10-21)9-20-15(23)8-12-2-4-13(5-3-12)16(17,18)19/h2-5,14H,6-10H2,1H3,(H,20,23)/t14-/m1/s1. The topological polar surface area (TPSA) is 58.6 Å². The summed E-state index contributed by atoms with van der Waals surface area (Å²) in [6.07, 6.45) is -4.68. The first-order chi connectivity index (χ1) is 11.3. The molecule has 2 amide bonds. The van der Waals surface area contributed by atoms with Gasteiger partial charge >= 0.3 is 6.18 Å². The number of nitrogens with one attached hydrogen (secondary N) is 1. The summed E-state index contributed by atoms with van der Waals surface area (Å²) in [5.74, 6) is -0.349. The normalized spacial score (nSPS) is 18.3. The van der Waals surface area contributed by atoms with Crippen LogP contribution in [0.1, 0.15) is 18.1 Å². The van der Waals surface area contributed by atoms with Gasteiger partial charge in [-0.25, -0.2) is 0 Å². The molecule has 8 heteroatoms. The molecule has 24 heavy (non-hydrogen) atoms. The van der Waals surface area contributed by atoms with Gasteiger partial charge in [0, 0.05) is 26.6 Å². The molecule has 1 aromatic carbocycles. The van der Waals surface area contributed by atoms with Crippen LogP contribution in [0.3, 0.4) is 0 Å². The summed E-state index contributed by atoms with van der Waals surface area (Å²) in [6, 6.07) is 4.49. The number of halogens is 3. The molecule has 0 spiro atoms. The predicted molar refractivity (Wildman–Crippen MR) is 80.2 cm³/mol. The van der Waals surface area contributed by atoms with E-state index in [1.807, 2.05) is 0 Å². The van der Waals surface area contributed by atoms with Crippen molar-refractivity contribution in [1.82, 2.24) is 10.2 Å². The second-order valence-corrected chi connectivity index (χ2v) is 5.63. The number of rotatable bonds is 4. The molecule has 0 aliphatic carbocycles. The molecule has 1 aliphatic rings. The Kier molecular flexibility index (Phi) is 5.82. The van der Waals surface area contributed by atoms with E-state index in [4.69, 9.17) is 4.74 Å². The fourth-order valence-electron chi connectivity index (χ4n) is 2.42. The van der Waals surface area contributed by atoms with Crippen LogP contribution in [-0.4, -0.2) is 49.1 Å². The van der Waals surface area contributed by atoms with Crippen LogP contribution in [0.5, 0.6) is 0 Å². The molecule has 0 radical (unpaired) electrons. The van der Waals surface area contributed by atoms with Crippen LogP contribution in [0, 0.1) is 0 Å². The van der Waals surface area contributed by atoms with Crippen molar-refractivity contribution < 1.29 is 27.5 Å². The van der Waals surface area contributed by atoms with E-state index in [-0.39, 0.29) is 30.9 Å². The second-order valence-electron chi connectivity index (χ2n) is 5.63. The average molecular weight is 344 g/mol. The van der Waals surface area contributed by atoms with E-state index < -0.39 is 11.7 Å². The number of amides is 2. The van der Waals surface area contributed by atoms with Gasteiger partial charge in [0.2, 0.25) is 11.8 Å². The Bertz CT molecular complexity index is 587. The molecular formula is C16H19F3N2O3. The number of hydrogen-bond acceptors (Lipinski definition) is 3. The largest absolute Gasteiger partial charge is 0.416 e. The molecular weight excluding hydrogens is 325 g/mol. The van der Waals surface area contributed by atoms with E-state index in [9.17, 15) is 22.8 Å². The van der Waals surface area contributed by atoms with Crippen LogP contribution >= 0.6 is 0 Å². The number of carbonyl (C=O) groups excluding carboxylic acids is 2. The monoisotopic (exact) mass is 344 g/mol. The zero-order chi connectivity index (χ0) is 17.7. The summed E-state index contributed by atoms with van der Waals surface area (Å²) in [6.45, 7) is 3.09. The van der Waals surface area contributed by atoms with Gasteiger partial charge in [-0.3, -0.25) is 9.59 Å². The first-order valence-corrected chi connectivity index (χ1v) is 7.55. The minimum absolute atomic E-state index is 0.0126. The Morgan fingerprint density at radius 2 is 1.96 bits per heavy atom. The summed E-state index contributed by atoms with van der Waals surface area (Å²) in [4.78, 5) is 24.9. The molecule has 1 N–H and O–H groups in total. The maximum atomic E-state index is 12.5. The zero-order valence-corrected chi connectivity index (χ0v) is 13.2. The highest BCUT2D eigenvalue weighted by atomic mass is 19.4. The van der Waals surface area contributed by atoms with Gasteiger partial charge in [0.15, 0.2) is 0 Å². The highest BCUT2D eigenvalue weighted by molar-refractivity contribution is 5.78. The highest BCUT2D eigenvalue weighted by Gasteiger charge is 2.30. The van der Waals surface area contributed by atoms with Crippen molar-refractivity contribution in [1.29, 1.82) is 0 Å². The molecule has 1 atom stereocenters. The van der Waals surface area contributed by atoms with E-state index in [0.717, 1.165) is 12.1 Å². The van der Waals surface area contributed by atoms with Gasteiger partial charge in [-0.2, -0.15) is 13.2 Å². The number of hydrogen-bond donors (Lipinski definition) is 1. The number of morpholine rings is 1. The Morgan fingerprint density at radius 1 is 1.29 bits per heavy atom. The van der Waals surface area contributed by atoms with Crippen LogP contribution in [0.4, 0.5) is 13.2 Å². The lowest BCUT2D eigenvalue weighted by Gasteiger charge is -2.32. The third-order valence-electron chi connectivity index (χ3n) is 3.76. The maximum absolute atomic E-state index is 12.5. The molecule has 1 fully saturated rings. The minimum Gasteiger partial charge on any atom is -0.373 e. The second kappa shape index (κ2) is 7.65. The fourth-order valence-corrected chi connectivity index (χ4v) is 2.42. The van der Waals surface area contributed by atoms with Crippen molar-refractivity contribution in [2.45, 2.75) is 25.6 Å². The Morgan fingerprint density at radius 3 is 2.54 bits per heavy atom. The molecule has 5 nitrogen and oxygen atoms in total. The van der Waals surface area contributed by atoms with Gasteiger partial charge in [0.1, 0.15) is 0 Å². The van der Waals surface area contributed by atoms with E-state index in [0.29, 0.717) is 25.3 Å². The van der Waals surface area contributed by atoms with Crippen LogP contribution in [0.2, 0.25) is 0 Å². The molecule has 0 unspecified atom stereocenters. The van der Waals surface area contributed by atoms with E-state index >= 15 is 0 Å². The first kappa shape index (κ1) is 18.3. The van der Waals surface area contributed by atoms with Crippen LogP contribution < -0.4 is 5.32 Å². The Labute approximate surface area is 137 Å². The Balaban J connectivity index is 1.80. The summed E-state index contributed by atoms with van der Waals surface area (Å²) in [7, 11) is 0. The van der Waals surface area contributed by atoms with Gasteiger partial charge < -0.3 is 15.0 Å². The van der Waals surface area contributed by atoms with Gasteiger partial charge in [0.05, 0.1) is 24.7 Å². The van der Waals surface area contributed by atoms with Gasteiger partial charge in [-0.15, -0.1) is 0 Å². The van der Waals surface area contributed by atoms with Crippen molar-refractivity contribution in [3.8, 4) is 0 Å². The van der Waals surface area contributed by atoms with Gasteiger partial charge in [0.25, 0.3) is 0 Å². The van der Waals surface area contributed by atoms with Crippen molar-refractivity contribution in [2.75, 3.05) is 26.2 Å². The molecule has 132 valence electrons. The van der Waals surface area contributed by atoms with Crippen molar-refractivity contribution in [2.24, 2.45) is 0 Å². The van der Waals surface area contributed by atoms with Crippen LogP contribution in [-0.2, 0) is 26.9 Å². The van der Waals surface area contributed by atoms with Crippen LogP contribution in [0.25, 0.3) is 0 Å². The molecule has 2 rings (SSSR count). The van der Waals surface area contributed by atoms with Gasteiger partial charge in [-0.05, 0) is 17.7 Å². The zero-order valence-electron chi connectivity index (χ0n) is 13.2. The number of carbonyl (C=O) groups is 2. The lowest BCUT2D eigenvalue weighted by atomic mass is 10.1. The maximum Gasteiger partial charge on any atom is 0.416 e. The number of benzene rings is 1. The molecule has 1 heterocycles. The minimum atomic E-state index is -4.39. The van der Waals surface area contributed by atoms with E-state index in [2.05, 4.69) is 5.32 Å². The molecule has 0 saturated carbocycles. The fraction of sp³-hybridized carbons (Fsp3) is 0.500. The first-order valence-electron chi connectivity index (χ1n) is 7.55. The van der Waals surface area contributed by atoms with Crippen molar-refractivity contribution in [3.05, 3.63) is 35.4 Å². The Hall–Kier alpha value is -2.09. The lowest BCUT2D eigenvalue weighted by Crippen LogP contribution is -2.49. The third kappa shape index (κ3) is 5.23. The summed E-state index contributed by atoms with van der Waals surface area (Å²) >= 11 is 0. The van der Waals surface area contributed by atoms with E-state index in [1.54, 1.807) is 4.90 Å². The summed E-state index contributed by atoms with van der Waals surface area (Å²) in [5.41, 5.74) is -0.248. The number of alkyl halides is 3. The average Bonchev–Trinajstić information content (AvgIpc) is 2.53. The number of nitrogens with zero attached hydrogens (tertiary/aromatic N) is 1. The molecule has 0 bridgehead atoms. The summed E-state index contributed by atoms with van der Waals surface area (Å²) in [5, 5.41) is 2.68. The number of ether oxygens (including phenoxy) is 1. The molecule has 0 aromatic heterocycles. The smallest absolute Gasteiger partial charge is 0.373 e. The lowest BCUT2D eigenvalue weighted by molar-refractivity contribution is -0.138.